The van der Waals surface area contributed by atoms with Gasteiger partial charge in [-0.25, -0.2) is 0 Å². The highest BCUT2D eigenvalue weighted by Gasteiger charge is 2.29. The summed E-state index contributed by atoms with van der Waals surface area (Å²) in [6.45, 7) is 6.06. The van der Waals surface area contributed by atoms with Crippen LogP contribution in [0.15, 0.2) is 54.6 Å². The third kappa shape index (κ3) is 6.22. The summed E-state index contributed by atoms with van der Waals surface area (Å²) in [5.41, 5.74) is 3.69. The van der Waals surface area contributed by atoms with Crippen LogP contribution in [0.4, 0.5) is 0 Å². The highest BCUT2D eigenvalue weighted by molar-refractivity contribution is 5.94. The molecule has 0 N–H and O–H groups in total. The van der Waals surface area contributed by atoms with Crippen molar-refractivity contribution in [1.29, 1.82) is 0 Å². The molecule has 4 heteroatoms. The number of hydrogen-bond donors (Lipinski definition) is 0. The molecular weight excluding hydrogens is 352 g/mol. The van der Waals surface area contributed by atoms with Crippen LogP contribution < -0.4 is 0 Å². The zero-order chi connectivity index (χ0) is 20.4. The van der Waals surface area contributed by atoms with Crippen LogP contribution in [0, 0.1) is 12.8 Å². The average molecular weight is 383 g/mol. The number of hydrogen-bond acceptors (Lipinski definition) is 4. The second-order valence-electron chi connectivity index (χ2n) is 6.86. The van der Waals surface area contributed by atoms with E-state index < -0.39 is 17.9 Å². The molecule has 0 saturated carbocycles. The number of aryl methyl sites for hydroxylation is 1. The van der Waals surface area contributed by atoms with Crippen molar-refractivity contribution in [3.05, 3.63) is 71.3 Å². The van der Waals surface area contributed by atoms with E-state index in [-0.39, 0.29) is 19.1 Å². The fraction of sp³-hybridized carbons (Fsp3) is 0.417. The zero-order valence-corrected chi connectivity index (χ0v) is 17.0. The molecular formula is C24H30O4. The molecule has 28 heavy (non-hydrogen) atoms. The van der Waals surface area contributed by atoms with E-state index in [1.54, 1.807) is 13.8 Å². The van der Waals surface area contributed by atoms with E-state index in [9.17, 15) is 9.59 Å². The average Bonchev–Trinajstić information content (AvgIpc) is 2.70. The molecule has 2 rings (SSSR count). The summed E-state index contributed by atoms with van der Waals surface area (Å²) < 4.78 is 10.1. The van der Waals surface area contributed by atoms with Gasteiger partial charge in [0.1, 0.15) is 0 Å². The molecule has 4 nitrogen and oxygen atoms in total. The van der Waals surface area contributed by atoms with Crippen LogP contribution in [-0.4, -0.2) is 25.2 Å². The molecule has 0 radical (unpaired) electrons. The van der Waals surface area contributed by atoms with Gasteiger partial charge >= 0.3 is 11.9 Å². The monoisotopic (exact) mass is 382 g/mol. The zero-order valence-electron chi connectivity index (χ0n) is 17.0. The fourth-order valence-corrected chi connectivity index (χ4v) is 3.35. The van der Waals surface area contributed by atoms with E-state index in [0.717, 1.165) is 12.8 Å². The molecule has 0 aliphatic heterocycles. The van der Waals surface area contributed by atoms with Crippen LogP contribution in [0.1, 0.15) is 55.7 Å². The molecule has 0 saturated heterocycles. The van der Waals surface area contributed by atoms with Crippen LogP contribution in [-0.2, 0) is 19.1 Å². The molecule has 1 atom stereocenters. The Morgan fingerprint density at radius 1 is 0.786 bits per heavy atom. The van der Waals surface area contributed by atoms with Gasteiger partial charge in [0.15, 0.2) is 5.92 Å². The Hall–Kier alpha value is -2.62. The Morgan fingerprint density at radius 2 is 1.32 bits per heavy atom. The summed E-state index contributed by atoms with van der Waals surface area (Å²) in [4.78, 5) is 24.4. The number of benzene rings is 2. The van der Waals surface area contributed by atoms with E-state index in [0.29, 0.717) is 6.42 Å². The number of rotatable bonds is 10. The summed E-state index contributed by atoms with van der Waals surface area (Å²) in [6, 6.07) is 18.9. The van der Waals surface area contributed by atoms with E-state index >= 15 is 0 Å². The van der Waals surface area contributed by atoms with E-state index in [4.69, 9.17) is 9.47 Å². The van der Waals surface area contributed by atoms with E-state index in [1.165, 1.54) is 16.7 Å². The first-order chi connectivity index (χ1) is 13.6. The van der Waals surface area contributed by atoms with Crippen LogP contribution in [0.2, 0.25) is 0 Å². The number of carbonyl (C=O) groups excluding carboxylic acids is 2. The predicted octanol–water partition coefficient (Wildman–Crippen LogP) is 5.04. The van der Waals surface area contributed by atoms with Gasteiger partial charge in [0.2, 0.25) is 0 Å². The second kappa shape index (κ2) is 11.3. The van der Waals surface area contributed by atoms with Gasteiger partial charge in [-0.15, -0.1) is 0 Å². The lowest BCUT2D eigenvalue weighted by molar-refractivity contribution is -0.161. The van der Waals surface area contributed by atoms with Gasteiger partial charge in [-0.3, -0.25) is 9.59 Å². The highest BCUT2D eigenvalue weighted by Crippen LogP contribution is 2.31. The van der Waals surface area contributed by atoms with Crippen LogP contribution in [0.5, 0.6) is 0 Å². The lowest BCUT2D eigenvalue weighted by Crippen LogP contribution is -2.28. The molecule has 2 aromatic carbocycles. The van der Waals surface area contributed by atoms with Gasteiger partial charge in [-0.05, 0) is 44.7 Å². The van der Waals surface area contributed by atoms with Crippen molar-refractivity contribution in [2.24, 2.45) is 5.92 Å². The quantitative estimate of drug-likeness (QED) is 0.427. The summed E-state index contributed by atoms with van der Waals surface area (Å²) >= 11 is 0. The fourth-order valence-electron chi connectivity index (χ4n) is 3.35. The maximum Gasteiger partial charge on any atom is 0.320 e. The molecule has 0 aromatic heterocycles. The molecule has 0 fully saturated rings. The van der Waals surface area contributed by atoms with Crippen molar-refractivity contribution in [2.45, 2.75) is 46.0 Å². The SMILES string of the molecule is CCOC(=O)C(CCCC(c1ccccc1)c1ccc(C)cc1)C(=O)OCC. The highest BCUT2D eigenvalue weighted by atomic mass is 16.6. The standard InChI is InChI=1S/C24H30O4/c1-4-27-23(25)22(24(26)28-5-2)13-9-12-21(19-10-7-6-8-11-19)20-16-14-18(3)15-17-20/h6-8,10-11,14-17,21-22H,4-5,9,12-13H2,1-3H3. The van der Waals surface area contributed by atoms with Gasteiger partial charge in [-0.2, -0.15) is 0 Å². The van der Waals surface area contributed by atoms with Crippen molar-refractivity contribution < 1.29 is 19.1 Å². The van der Waals surface area contributed by atoms with Crippen LogP contribution >= 0.6 is 0 Å². The van der Waals surface area contributed by atoms with Crippen molar-refractivity contribution in [3.8, 4) is 0 Å². The molecule has 1 unspecified atom stereocenters. The number of carbonyl (C=O) groups is 2. The summed E-state index contributed by atoms with van der Waals surface area (Å²) in [5, 5.41) is 0. The van der Waals surface area contributed by atoms with Crippen molar-refractivity contribution in [3.63, 3.8) is 0 Å². The molecule has 2 aromatic rings. The van der Waals surface area contributed by atoms with Gasteiger partial charge in [-0.1, -0.05) is 66.6 Å². The van der Waals surface area contributed by atoms with Gasteiger partial charge in [0.05, 0.1) is 13.2 Å². The third-order valence-electron chi connectivity index (χ3n) is 4.81. The van der Waals surface area contributed by atoms with Gasteiger partial charge in [0.25, 0.3) is 0 Å². The number of ether oxygens (including phenoxy) is 2. The minimum Gasteiger partial charge on any atom is -0.465 e. The molecule has 0 heterocycles. The summed E-state index contributed by atoms with van der Waals surface area (Å²) in [5.74, 6) is -1.62. The Kier molecular flexibility index (Phi) is 8.73. The maximum absolute atomic E-state index is 12.2. The van der Waals surface area contributed by atoms with E-state index in [1.807, 2.05) is 18.2 Å². The largest absolute Gasteiger partial charge is 0.465 e. The lowest BCUT2D eigenvalue weighted by atomic mass is 9.85. The Morgan fingerprint density at radius 3 is 1.86 bits per heavy atom. The first-order valence-corrected chi connectivity index (χ1v) is 10.0. The second-order valence-corrected chi connectivity index (χ2v) is 6.86. The minimum atomic E-state index is -0.852. The Balaban J connectivity index is 2.12. The predicted molar refractivity (Wildman–Crippen MR) is 110 cm³/mol. The molecule has 0 spiro atoms. The molecule has 0 bridgehead atoms. The number of esters is 2. The first-order valence-electron chi connectivity index (χ1n) is 10.0. The first kappa shape index (κ1) is 21.7. The lowest BCUT2D eigenvalue weighted by Gasteiger charge is -2.20. The molecule has 0 aliphatic carbocycles. The molecule has 0 aliphatic rings. The van der Waals surface area contributed by atoms with E-state index in [2.05, 4.69) is 43.3 Å². The van der Waals surface area contributed by atoms with Gasteiger partial charge < -0.3 is 9.47 Å². The Labute approximate surface area is 167 Å². The third-order valence-corrected chi connectivity index (χ3v) is 4.81. The topological polar surface area (TPSA) is 52.6 Å². The van der Waals surface area contributed by atoms with Crippen molar-refractivity contribution in [1.82, 2.24) is 0 Å². The van der Waals surface area contributed by atoms with Crippen molar-refractivity contribution in [2.75, 3.05) is 13.2 Å². The van der Waals surface area contributed by atoms with Gasteiger partial charge in [0, 0.05) is 5.92 Å². The molecule has 0 amide bonds. The maximum atomic E-state index is 12.2. The van der Waals surface area contributed by atoms with Crippen LogP contribution in [0.3, 0.4) is 0 Å². The molecule has 150 valence electrons. The van der Waals surface area contributed by atoms with Crippen molar-refractivity contribution >= 4 is 11.9 Å². The van der Waals surface area contributed by atoms with Crippen LogP contribution in [0.25, 0.3) is 0 Å². The Bertz CT molecular complexity index is 719. The summed E-state index contributed by atoms with van der Waals surface area (Å²) in [6.07, 6.45) is 1.98. The normalized spacial score (nSPS) is 11.9. The minimum absolute atomic E-state index is 0.215. The smallest absolute Gasteiger partial charge is 0.320 e. The summed E-state index contributed by atoms with van der Waals surface area (Å²) in [7, 11) is 0.